The smallest absolute Gasteiger partial charge is 0.246 e. The first-order valence-corrected chi connectivity index (χ1v) is 13.7. The van der Waals surface area contributed by atoms with Crippen LogP contribution in [-0.4, -0.2) is 25.2 Å². The lowest BCUT2D eigenvalue weighted by molar-refractivity contribution is -0.118. The van der Waals surface area contributed by atoms with E-state index >= 15 is 0 Å². The standard InChI is InChI=1S/C27H20ClFN2O3S2/c28-20-11-15-22(16-12-20)36(33,34)30(17-19-9-13-21(29)14-10-19)18-27(32)31-23-5-1-3-7-25(23)35-26-8-4-2-6-24(26)31/h1-16H,17-18H2. The Labute approximate surface area is 218 Å². The highest BCUT2D eigenvalue weighted by molar-refractivity contribution is 7.99. The maximum atomic E-state index is 13.8. The molecule has 0 aromatic heterocycles. The number of amides is 1. The number of nitrogens with zero attached hydrogens (tertiary/aromatic N) is 2. The number of anilines is 2. The maximum absolute atomic E-state index is 13.8. The van der Waals surface area contributed by atoms with Gasteiger partial charge in [0.25, 0.3) is 0 Å². The number of para-hydroxylation sites is 2. The first-order chi connectivity index (χ1) is 17.3. The number of fused-ring (bicyclic) bond motifs is 2. The number of halogens is 2. The number of benzene rings is 4. The van der Waals surface area contributed by atoms with Crippen molar-refractivity contribution in [3.63, 3.8) is 0 Å². The lowest BCUT2D eigenvalue weighted by Crippen LogP contribution is -2.41. The number of rotatable bonds is 6. The van der Waals surface area contributed by atoms with Crippen LogP contribution in [0.15, 0.2) is 112 Å². The van der Waals surface area contributed by atoms with E-state index in [9.17, 15) is 17.6 Å². The van der Waals surface area contributed by atoms with Gasteiger partial charge in [0.05, 0.1) is 22.8 Å². The van der Waals surface area contributed by atoms with Crippen LogP contribution in [0.1, 0.15) is 5.56 Å². The minimum Gasteiger partial charge on any atom is -0.278 e. The number of hydrogen-bond acceptors (Lipinski definition) is 4. The second-order valence-electron chi connectivity index (χ2n) is 8.12. The number of hydrogen-bond donors (Lipinski definition) is 0. The second kappa shape index (κ2) is 10.1. The molecule has 4 aromatic rings. The topological polar surface area (TPSA) is 57.7 Å². The van der Waals surface area contributed by atoms with Gasteiger partial charge in [0, 0.05) is 21.4 Å². The molecular formula is C27H20ClFN2O3S2. The van der Waals surface area contributed by atoms with Crippen LogP contribution in [0.25, 0.3) is 0 Å². The van der Waals surface area contributed by atoms with E-state index in [1.165, 1.54) is 48.5 Å². The molecular weight excluding hydrogens is 519 g/mol. The largest absolute Gasteiger partial charge is 0.278 e. The van der Waals surface area contributed by atoms with Crippen LogP contribution in [0.4, 0.5) is 15.8 Å². The summed E-state index contributed by atoms with van der Waals surface area (Å²) in [6.07, 6.45) is 0. The monoisotopic (exact) mass is 538 g/mol. The molecule has 1 amide bonds. The molecule has 5 rings (SSSR count). The number of carbonyl (C=O) groups is 1. The Morgan fingerprint density at radius 2 is 1.39 bits per heavy atom. The first-order valence-electron chi connectivity index (χ1n) is 11.0. The summed E-state index contributed by atoms with van der Waals surface area (Å²) in [5, 5.41) is 0.397. The van der Waals surface area contributed by atoms with Crippen molar-refractivity contribution < 1.29 is 17.6 Å². The Bertz CT molecular complexity index is 1480. The van der Waals surface area contributed by atoms with Gasteiger partial charge in [0.15, 0.2) is 0 Å². The van der Waals surface area contributed by atoms with Gasteiger partial charge < -0.3 is 0 Å². The van der Waals surface area contributed by atoms with Crippen LogP contribution in [-0.2, 0) is 21.4 Å². The van der Waals surface area contributed by atoms with Gasteiger partial charge in [-0.25, -0.2) is 12.8 Å². The fraction of sp³-hybridized carbons (Fsp3) is 0.0741. The Morgan fingerprint density at radius 1 is 0.833 bits per heavy atom. The highest BCUT2D eigenvalue weighted by Gasteiger charge is 2.33. The average Bonchev–Trinajstić information content (AvgIpc) is 2.88. The summed E-state index contributed by atoms with van der Waals surface area (Å²) < 4.78 is 41.9. The predicted molar refractivity (Wildman–Crippen MR) is 140 cm³/mol. The molecule has 5 nitrogen and oxygen atoms in total. The minimum atomic E-state index is -4.09. The summed E-state index contributed by atoms with van der Waals surface area (Å²) in [7, 11) is -4.09. The van der Waals surface area contributed by atoms with E-state index in [-0.39, 0.29) is 11.4 Å². The fourth-order valence-corrected chi connectivity index (χ4v) is 6.53. The van der Waals surface area contributed by atoms with E-state index in [4.69, 9.17) is 11.6 Å². The summed E-state index contributed by atoms with van der Waals surface area (Å²) in [4.78, 5) is 17.2. The van der Waals surface area contributed by atoms with Crippen LogP contribution in [0.3, 0.4) is 0 Å². The summed E-state index contributed by atoms with van der Waals surface area (Å²) in [6, 6.07) is 26.3. The van der Waals surface area contributed by atoms with Crippen LogP contribution in [0.5, 0.6) is 0 Å². The summed E-state index contributed by atoms with van der Waals surface area (Å²) in [5.41, 5.74) is 1.94. The number of carbonyl (C=O) groups excluding carboxylic acids is 1. The molecule has 0 aliphatic carbocycles. The SMILES string of the molecule is O=C(CN(Cc1ccc(F)cc1)S(=O)(=O)c1ccc(Cl)cc1)N1c2ccccc2Sc2ccccc21. The molecule has 0 radical (unpaired) electrons. The molecule has 0 spiro atoms. The van der Waals surface area contributed by atoms with Crippen molar-refractivity contribution in [1.82, 2.24) is 4.31 Å². The molecule has 1 aliphatic rings. The molecule has 4 aromatic carbocycles. The van der Waals surface area contributed by atoms with E-state index in [0.29, 0.717) is 22.0 Å². The van der Waals surface area contributed by atoms with Gasteiger partial charge in [0.2, 0.25) is 15.9 Å². The zero-order valence-corrected chi connectivity index (χ0v) is 21.2. The quantitative estimate of drug-likeness (QED) is 0.281. The molecule has 0 atom stereocenters. The Kier molecular flexibility index (Phi) is 6.85. The van der Waals surface area contributed by atoms with Gasteiger partial charge >= 0.3 is 0 Å². The Hall–Kier alpha value is -3.17. The second-order valence-corrected chi connectivity index (χ2v) is 11.6. The van der Waals surface area contributed by atoms with Gasteiger partial charge in [-0.3, -0.25) is 9.69 Å². The Morgan fingerprint density at radius 3 is 1.97 bits per heavy atom. The van der Waals surface area contributed by atoms with Crippen LogP contribution in [0, 0.1) is 5.82 Å². The molecule has 0 N–H and O–H groups in total. The van der Waals surface area contributed by atoms with Gasteiger partial charge in [-0.2, -0.15) is 4.31 Å². The molecule has 182 valence electrons. The average molecular weight is 539 g/mol. The fourth-order valence-electron chi connectivity index (χ4n) is 3.97. The zero-order chi connectivity index (χ0) is 25.3. The first kappa shape index (κ1) is 24.5. The maximum Gasteiger partial charge on any atom is 0.246 e. The molecule has 0 unspecified atom stereocenters. The van der Waals surface area contributed by atoms with Gasteiger partial charge in [0.1, 0.15) is 5.82 Å². The third-order valence-corrected chi connectivity index (χ3v) is 8.91. The molecule has 0 bridgehead atoms. The highest BCUT2D eigenvalue weighted by Crippen LogP contribution is 2.48. The van der Waals surface area contributed by atoms with E-state index in [0.717, 1.165) is 14.1 Å². The molecule has 0 fully saturated rings. The summed E-state index contributed by atoms with van der Waals surface area (Å²) >= 11 is 7.52. The normalized spacial score (nSPS) is 12.8. The molecule has 36 heavy (non-hydrogen) atoms. The van der Waals surface area contributed by atoms with E-state index in [2.05, 4.69) is 0 Å². The molecule has 1 heterocycles. The summed E-state index contributed by atoms with van der Waals surface area (Å²) in [5.74, 6) is -0.837. The van der Waals surface area contributed by atoms with Crippen molar-refractivity contribution in [1.29, 1.82) is 0 Å². The van der Waals surface area contributed by atoms with Crippen molar-refractivity contribution in [2.75, 3.05) is 11.4 Å². The van der Waals surface area contributed by atoms with Crippen molar-refractivity contribution in [2.45, 2.75) is 21.2 Å². The van der Waals surface area contributed by atoms with Gasteiger partial charge in [-0.05, 0) is 66.2 Å². The molecule has 0 saturated heterocycles. The van der Waals surface area contributed by atoms with E-state index in [1.807, 2.05) is 48.5 Å². The summed E-state index contributed by atoms with van der Waals surface area (Å²) in [6.45, 7) is -0.529. The predicted octanol–water partition coefficient (Wildman–Crippen LogP) is 6.50. The molecule has 0 saturated carbocycles. The van der Waals surface area contributed by atoms with Crippen molar-refractivity contribution in [3.05, 3.63) is 113 Å². The Balaban J connectivity index is 1.54. The van der Waals surface area contributed by atoms with Crippen molar-refractivity contribution in [3.8, 4) is 0 Å². The third-order valence-electron chi connectivity index (χ3n) is 5.72. The lowest BCUT2D eigenvalue weighted by Gasteiger charge is -2.32. The van der Waals surface area contributed by atoms with Crippen LogP contribution < -0.4 is 4.90 Å². The van der Waals surface area contributed by atoms with Crippen LogP contribution in [0.2, 0.25) is 5.02 Å². The zero-order valence-electron chi connectivity index (χ0n) is 18.8. The van der Waals surface area contributed by atoms with Crippen molar-refractivity contribution >= 4 is 50.7 Å². The lowest BCUT2D eigenvalue weighted by atomic mass is 10.2. The van der Waals surface area contributed by atoms with Gasteiger partial charge in [-0.15, -0.1) is 0 Å². The van der Waals surface area contributed by atoms with E-state index < -0.39 is 28.3 Å². The van der Waals surface area contributed by atoms with E-state index in [1.54, 1.807) is 16.7 Å². The van der Waals surface area contributed by atoms with Crippen LogP contribution >= 0.6 is 23.4 Å². The van der Waals surface area contributed by atoms with Gasteiger partial charge in [-0.1, -0.05) is 59.8 Å². The third kappa shape index (κ3) is 4.90. The molecule has 1 aliphatic heterocycles. The minimum absolute atomic E-state index is 0.0109. The molecule has 9 heteroatoms. The van der Waals surface area contributed by atoms with Crippen molar-refractivity contribution in [2.24, 2.45) is 0 Å². The highest BCUT2D eigenvalue weighted by atomic mass is 35.5. The number of sulfonamides is 1.